The normalized spacial score (nSPS) is 21.5. The minimum atomic E-state index is 1.24. The molecule has 0 heteroatoms. The van der Waals surface area contributed by atoms with Crippen molar-refractivity contribution in [1.82, 2.24) is 0 Å². The smallest absolute Gasteiger partial charge is 0.0228 e. The molecule has 0 spiro atoms. The predicted octanol–water partition coefficient (Wildman–Crippen LogP) is 4.88. The molecule has 84 valence electrons. The third-order valence-corrected chi connectivity index (χ3v) is 3.16. The van der Waals surface area contributed by atoms with Crippen LogP contribution in [0.15, 0.2) is 59.8 Å². The maximum Gasteiger partial charge on any atom is -0.0228 e. The zero-order valence-electron chi connectivity index (χ0n) is 9.86. The van der Waals surface area contributed by atoms with Crippen LogP contribution in [0.2, 0.25) is 0 Å². The lowest BCUT2D eigenvalue weighted by Gasteiger charge is -2.12. The van der Waals surface area contributed by atoms with E-state index in [1.807, 2.05) is 0 Å². The van der Waals surface area contributed by atoms with Crippen molar-refractivity contribution in [3.8, 4) is 0 Å². The number of rotatable bonds is 1. The highest BCUT2D eigenvalue weighted by atomic mass is 14.1. The highest BCUT2D eigenvalue weighted by molar-refractivity contribution is 5.44. The summed E-state index contributed by atoms with van der Waals surface area (Å²) in [7, 11) is 0. The lowest BCUT2D eigenvalue weighted by atomic mass is 9.94. The van der Waals surface area contributed by atoms with Gasteiger partial charge in [-0.05, 0) is 36.8 Å². The molecule has 0 aromatic carbocycles. The summed E-state index contributed by atoms with van der Waals surface area (Å²) in [4.78, 5) is 0. The molecular formula is C16H20. The molecule has 0 radical (unpaired) electrons. The second-order valence-corrected chi connectivity index (χ2v) is 4.43. The predicted molar refractivity (Wildman–Crippen MR) is 71.3 cm³/mol. The molecule has 0 nitrogen and oxygen atoms in total. The van der Waals surface area contributed by atoms with Gasteiger partial charge in [-0.15, -0.1) is 0 Å². The van der Waals surface area contributed by atoms with Crippen LogP contribution in [0, 0.1) is 0 Å². The van der Waals surface area contributed by atoms with Crippen LogP contribution >= 0.6 is 0 Å². The highest BCUT2D eigenvalue weighted by Gasteiger charge is 2.04. The second kappa shape index (κ2) is 6.32. The fourth-order valence-electron chi connectivity index (χ4n) is 2.23. The first-order chi connectivity index (χ1) is 7.97. The van der Waals surface area contributed by atoms with Gasteiger partial charge >= 0.3 is 0 Å². The minimum absolute atomic E-state index is 1.24. The molecular weight excluding hydrogens is 192 g/mol. The molecule has 2 aliphatic carbocycles. The molecule has 0 aromatic heterocycles. The molecule has 0 unspecified atom stereocenters. The molecule has 2 aliphatic rings. The van der Waals surface area contributed by atoms with Crippen molar-refractivity contribution >= 4 is 0 Å². The molecule has 0 N–H and O–H groups in total. The molecule has 0 amide bonds. The minimum Gasteiger partial charge on any atom is -0.0807 e. The highest BCUT2D eigenvalue weighted by Crippen LogP contribution is 2.24. The van der Waals surface area contributed by atoms with E-state index in [9.17, 15) is 0 Å². The van der Waals surface area contributed by atoms with Crippen LogP contribution in [0.25, 0.3) is 0 Å². The first-order valence-electron chi connectivity index (χ1n) is 6.38. The monoisotopic (exact) mass is 212 g/mol. The van der Waals surface area contributed by atoms with Crippen LogP contribution in [0.5, 0.6) is 0 Å². The topological polar surface area (TPSA) is 0 Å². The van der Waals surface area contributed by atoms with Gasteiger partial charge in [0, 0.05) is 0 Å². The maximum absolute atomic E-state index is 2.44. The Morgan fingerprint density at radius 1 is 0.750 bits per heavy atom. The van der Waals surface area contributed by atoms with Gasteiger partial charge in [-0.25, -0.2) is 0 Å². The zero-order valence-corrected chi connectivity index (χ0v) is 9.86. The summed E-state index contributed by atoms with van der Waals surface area (Å²) in [6.45, 7) is 0. The van der Waals surface area contributed by atoms with E-state index in [2.05, 4.69) is 48.6 Å². The summed E-state index contributed by atoms with van der Waals surface area (Å²) in [6.07, 6.45) is 25.4. The molecule has 0 aliphatic heterocycles. The van der Waals surface area contributed by atoms with Crippen LogP contribution in [0.1, 0.15) is 38.5 Å². The molecule has 0 saturated carbocycles. The van der Waals surface area contributed by atoms with Gasteiger partial charge in [0.1, 0.15) is 0 Å². The van der Waals surface area contributed by atoms with Gasteiger partial charge in [0.25, 0.3) is 0 Å². The Bertz CT molecular complexity index is 361. The lowest BCUT2D eigenvalue weighted by Crippen LogP contribution is -1.93. The third kappa shape index (κ3) is 3.37. The van der Waals surface area contributed by atoms with Crippen molar-refractivity contribution in [2.24, 2.45) is 0 Å². The summed E-state index contributed by atoms with van der Waals surface area (Å²) in [5, 5.41) is 0. The average Bonchev–Trinajstić information content (AvgIpc) is 2.18. The van der Waals surface area contributed by atoms with Gasteiger partial charge in [0.15, 0.2) is 0 Å². The number of hydrogen-bond donors (Lipinski definition) is 0. The number of allylic oxidation sites excluding steroid dienone is 10. The summed E-state index contributed by atoms with van der Waals surface area (Å²) < 4.78 is 0. The third-order valence-electron chi connectivity index (χ3n) is 3.16. The van der Waals surface area contributed by atoms with E-state index in [1.54, 1.807) is 0 Å². The molecule has 0 bridgehead atoms. The van der Waals surface area contributed by atoms with Gasteiger partial charge in [-0.1, -0.05) is 61.4 Å². The standard InChI is InChI=1S/C16H20/c1-3-7-11-15(12-8-4-1)16-13-9-5-2-6-10-14-16/h1,3-4,7-8,11-13H,2,5-6,9-10,14H2. The van der Waals surface area contributed by atoms with E-state index in [1.165, 1.54) is 49.7 Å². The maximum atomic E-state index is 2.44. The SMILES string of the molecule is C1=CC=CC(C2=CCCCCCC2)=CC=C1. The van der Waals surface area contributed by atoms with Crippen molar-refractivity contribution in [2.75, 3.05) is 0 Å². The van der Waals surface area contributed by atoms with E-state index in [4.69, 9.17) is 0 Å². The molecule has 0 saturated heterocycles. The van der Waals surface area contributed by atoms with Crippen molar-refractivity contribution in [3.05, 3.63) is 59.8 Å². The van der Waals surface area contributed by atoms with Crippen LogP contribution in [-0.2, 0) is 0 Å². The zero-order chi connectivity index (χ0) is 11.1. The van der Waals surface area contributed by atoms with Crippen molar-refractivity contribution in [3.63, 3.8) is 0 Å². The van der Waals surface area contributed by atoms with Gasteiger partial charge < -0.3 is 0 Å². The molecule has 2 rings (SSSR count). The van der Waals surface area contributed by atoms with E-state index < -0.39 is 0 Å². The largest absolute Gasteiger partial charge is 0.0807 e. The summed E-state index contributed by atoms with van der Waals surface area (Å²) in [6, 6.07) is 0. The van der Waals surface area contributed by atoms with Gasteiger partial charge in [-0.3, -0.25) is 0 Å². The van der Waals surface area contributed by atoms with Crippen LogP contribution in [0.4, 0.5) is 0 Å². The lowest BCUT2D eigenvalue weighted by molar-refractivity contribution is 0.628. The Labute approximate surface area is 98.8 Å². The van der Waals surface area contributed by atoms with Gasteiger partial charge in [0.05, 0.1) is 0 Å². The number of hydrogen-bond acceptors (Lipinski definition) is 0. The Morgan fingerprint density at radius 3 is 2.56 bits per heavy atom. The fourth-order valence-corrected chi connectivity index (χ4v) is 2.23. The quantitative estimate of drug-likeness (QED) is 0.581. The Balaban J connectivity index is 2.14. The Hall–Kier alpha value is -1.30. The van der Waals surface area contributed by atoms with E-state index in [0.717, 1.165) is 0 Å². The van der Waals surface area contributed by atoms with Gasteiger partial charge in [-0.2, -0.15) is 0 Å². The van der Waals surface area contributed by atoms with Gasteiger partial charge in [0.2, 0.25) is 0 Å². The van der Waals surface area contributed by atoms with Crippen molar-refractivity contribution in [1.29, 1.82) is 0 Å². The van der Waals surface area contributed by atoms with Crippen LogP contribution in [-0.4, -0.2) is 0 Å². The Morgan fingerprint density at radius 2 is 1.56 bits per heavy atom. The summed E-state index contributed by atoms with van der Waals surface area (Å²) in [5.41, 5.74) is 2.93. The average molecular weight is 212 g/mol. The van der Waals surface area contributed by atoms with E-state index >= 15 is 0 Å². The van der Waals surface area contributed by atoms with Crippen molar-refractivity contribution in [2.45, 2.75) is 38.5 Å². The fraction of sp³-hybridized carbons (Fsp3) is 0.375. The van der Waals surface area contributed by atoms with E-state index in [-0.39, 0.29) is 0 Å². The molecule has 0 atom stereocenters. The summed E-state index contributed by atoms with van der Waals surface area (Å²) in [5.74, 6) is 0. The molecule has 0 aromatic rings. The molecule has 0 heterocycles. The van der Waals surface area contributed by atoms with E-state index in [0.29, 0.717) is 0 Å². The molecule has 0 fully saturated rings. The molecule has 16 heavy (non-hydrogen) atoms. The van der Waals surface area contributed by atoms with Crippen LogP contribution in [0.3, 0.4) is 0 Å². The first-order valence-corrected chi connectivity index (χ1v) is 6.38. The summed E-state index contributed by atoms with van der Waals surface area (Å²) >= 11 is 0. The second-order valence-electron chi connectivity index (χ2n) is 4.43. The van der Waals surface area contributed by atoms with Crippen LogP contribution < -0.4 is 0 Å². The first kappa shape index (κ1) is 11.2. The van der Waals surface area contributed by atoms with Crippen molar-refractivity contribution < 1.29 is 0 Å². The Kier molecular flexibility index (Phi) is 4.42.